The van der Waals surface area contributed by atoms with Crippen LogP contribution >= 0.6 is 0 Å². The molecular weight excluding hydrogens is 199 g/mol. The summed E-state index contributed by atoms with van der Waals surface area (Å²) in [7, 11) is 3.12. The van der Waals surface area contributed by atoms with Gasteiger partial charge in [-0.2, -0.15) is 0 Å². The molecule has 1 radical (unpaired) electrons. The molecule has 0 saturated heterocycles. The molecule has 1 aromatic rings. The molecule has 0 fully saturated rings. The van der Waals surface area contributed by atoms with Gasteiger partial charge in [0.15, 0.2) is 0 Å². The van der Waals surface area contributed by atoms with E-state index in [4.69, 9.17) is 0 Å². The number of ether oxygens (including phenoxy) is 2. The highest BCUT2D eigenvalue weighted by Gasteiger charge is 2.31. The van der Waals surface area contributed by atoms with Crippen LogP contribution in [-0.4, -0.2) is 11.3 Å². The third-order valence-electron chi connectivity index (χ3n) is 1.29. The van der Waals surface area contributed by atoms with Gasteiger partial charge in [0.2, 0.25) is 5.88 Å². The molecule has 1 rings (SSSR count). The zero-order chi connectivity index (χ0) is 10.6. The predicted octanol–water partition coefficient (Wildman–Crippen LogP) is 2.29. The molecule has 1 heterocycles. The predicted molar refractivity (Wildman–Crippen MR) is 41.1 cm³/mol. The van der Waals surface area contributed by atoms with Crippen molar-refractivity contribution in [2.24, 2.45) is 0 Å². The van der Waals surface area contributed by atoms with E-state index in [1.807, 2.05) is 0 Å². The van der Waals surface area contributed by atoms with E-state index in [1.54, 1.807) is 0 Å². The minimum atomic E-state index is -4.71. The molecule has 3 nitrogen and oxygen atoms in total. The number of aromatic nitrogens is 1. The minimum Gasteiger partial charge on any atom is -0.388 e. The number of halogens is 3. The Balaban J connectivity index is 2.64. The summed E-state index contributed by atoms with van der Waals surface area (Å²) >= 11 is 0. The Kier molecular flexibility index (Phi) is 3.29. The highest BCUT2D eigenvalue weighted by atomic mass is 19.4. The van der Waals surface area contributed by atoms with E-state index in [9.17, 15) is 13.2 Å². The normalized spacial score (nSPS) is 11.4. The van der Waals surface area contributed by atoms with Gasteiger partial charge in [0.1, 0.15) is 0 Å². The van der Waals surface area contributed by atoms with Crippen molar-refractivity contribution < 1.29 is 22.6 Å². The second kappa shape index (κ2) is 4.28. The first-order chi connectivity index (χ1) is 6.51. The van der Waals surface area contributed by atoms with Crippen LogP contribution in [0.25, 0.3) is 0 Å². The maximum atomic E-state index is 11.7. The lowest BCUT2D eigenvalue weighted by molar-refractivity contribution is -0.276. The Bertz CT molecular complexity index is 284. The smallest absolute Gasteiger partial charge is 0.388 e. The van der Waals surface area contributed by atoms with Gasteiger partial charge in [-0.05, 0) is 11.6 Å². The summed E-state index contributed by atoms with van der Waals surface area (Å²) in [4.78, 5) is 3.43. The standard InChI is InChI=1S/C8H7F3NO2/c1-13-5-6-2-3-7(12-4-6)14-8(9,10)11/h2-4H,1,5H2. The van der Waals surface area contributed by atoms with E-state index < -0.39 is 12.2 Å². The fourth-order valence-corrected chi connectivity index (χ4v) is 0.793. The van der Waals surface area contributed by atoms with Gasteiger partial charge in [-0.15, -0.1) is 13.2 Å². The number of nitrogens with zero attached hydrogens (tertiary/aromatic N) is 1. The Hall–Kier alpha value is -1.30. The minimum absolute atomic E-state index is 0.194. The molecule has 0 atom stereocenters. The number of hydrogen-bond acceptors (Lipinski definition) is 3. The molecule has 0 unspecified atom stereocenters. The van der Waals surface area contributed by atoms with Crippen LogP contribution in [0.3, 0.4) is 0 Å². The number of rotatable bonds is 3. The van der Waals surface area contributed by atoms with Gasteiger partial charge in [-0.1, -0.05) is 0 Å². The molecule has 0 aliphatic heterocycles. The van der Waals surface area contributed by atoms with Crippen molar-refractivity contribution >= 4 is 0 Å². The topological polar surface area (TPSA) is 31.4 Å². The highest BCUT2D eigenvalue weighted by molar-refractivity contribution is 5.17. The molecule has 0 aliphatic rings. The van der Waals surface area contributed by atoms with Gasteiger partial charge in [-0.3, -0.25) is 0 Å². The summed E-state index contributed by atoms with van der Waals surface area (Å²) in [5.74, 6) is -0.495. The van der Waals surface area contributed by atoms with Gasteiger partial charge in [0.05, 0.1) is 13.7 Å². The van der Waals surface area contributed by atoms with Crippen molar-refractivity contribution in [1.29, 1.82) is 0 Å². The fraction of sp³-hybridized carbons (Fsp3) is 0.250. The van der Waals surface area contributed by atoms with Crippen LogP contribution in [0.5, 0.6) is 5.88 Å². The van der Waals surface area contributed by atoms with Gasteiger partial charge in [-0.25, -0.2) is 4.98 Å². The molecule has 6 heteroatoms. The van der Waals surface area contributed by atoms with Gasteiger partial charge >= 0.3 is 6.36 Å². The molecule has 0 aliphatic carbocycles. The summed E-state index contributed by atoms with van der Waals surface area (Å²) in [6.07, 6.45) is -3.48. The first-order valence-electron chi connectivity index (χ1n) is 3.59. The molecule has 1 aromatic heterocycles. The summed E-state index contributed by atoms with van der Waals surface area (Å²) < 4.78 is 43.2. The third-order valence-corrected chi connectivity index (χ3v) is 1.29. The molecule has 0 spiro atoms. The summed E-state index contributed by atoms with van der Waals surface area (Å²) in [5, 5.41) is 0. The third kappa shape index (κ3) is 3.61. The van der Waals surface area contributed by atoms with Crippen molar-refractivity contribution in [2.45, 2.75) is 13.0 Å². The van der Waals surface area contributed by atoms with E-state index in [-0.39, 0.29) is 6.61 Å². The quantitative estimate of drug-likeness (QED) is 0.760. The van der Waals surface area contributed by atoms with Crippen LogP contribution < -0.4 is 4.74 Å². The molecule has 0 saturated carbocycles. The Morgan fingerprint density at radius 1 is 1.36 bits per heavy atom. The lowest BCUT2D eigenvalue weighted by Gasteiger charge is -2.07. The maximum absolute atomic E-state index is 11.7. The van der Waals surface area contributed by atoms with Crippen LogP contribution in [0.2, 0.25) is 0 Å². The van der Waals surface area contributed by atoms with Crippen molar-refractivity contribution in [3.63, 3.8) is 0 Å². The Morgan fingerprint density at radius 3 is 2.50 bits per heavy atom. The molecule has 0 bridgehead atoms. The first-order valence-corrected chi connectivity index (χ1v) is 3.59. The van der Waals surface area contributed by atoms with Crippen molar-refractivity contribution in [1.82, 2.24) is 4.98 Å². The zero-order valence-electron chi connectivity index (χ0n) is 7.04. The average Bonchev–Trinajstić information content (AvgIpc) is 2.06. The molecule has 14 heavy (non-hydrogen) atoms. The summed E-state index contributed by atoms with van der Waals surface area (Å²) in [5.41, 5.74) is 0.620. The van der Waals surface area contributed by atoms with Gasteiger partial charge in [0.25, 0.3) is 0 Å². The van der Waals surface area contributed by atoms with Crippen LogP contribution in [0, 0.1) is 7.11 Å². The Labute approximate surface area is 78.5 Å². The molecular formula is C8H7F3NO2. The second-order valence-electron chi connectivity index (χ2n) is 2.40. The van der Waals surface area contributed by atoms with E-state index in [0.717, 1.165) is 6.07 Å². The van der Waals surface area contributed by atoms with E-state index in [0.29, 0.717) is 5.56 Å². The largest absolute Gasteiger partial charge is 0.574 e. The number of alkyl halides is 3. The van der Waals surface area contributed by atoms with Crippen molar-refractivity contribution in [3.05, 3.63) is 31.0 Å². The number of hydrogen-bond donors (Lipinski definition) is 0. The molecule has 0 aromatic carbocycles. The number of pyridine rings is 1. The lowest BCUT2D eigenvalue weighted by atomic mass is 10.3. The van der Waals surface area contributed by atoms with Crippen molar-refractivity contribution in [3.8, 4) is 5.88 Å². The molecule has 0 amide bonds. The van der Waals surface area contributed by atoms with Crippen molar-refractivity contribution in [2.75, 3.05) is 0 Å². The molecule has 0 N–H and O–H groups in total. The van der Waals surface area contributed by atoms with Crippen LogP contribution in [0.4, 0.5) is 13.2 Å². The van der Waals surface area contributed by atoms with Gasteiger partial charge < -0.3 is 9.47 Å². The van der Waals surface area contributed by atoms with Crippen LogP contribution in [0.15, 0.2) is 18.3 Å². The van der Waals surface area contributed by atoms with Gasteiger partial charge in [0, 0.05) is 12.3 Å². The van der Waals surface area contributed by atoms with Crippen LogP contribution in [-0.2, 0) is 11.3 Å². The summed E-state index contributed by atoms with van der Waals surface area (Å²) in [6.45, 7) is 0.194. The second-order valence-corrected chi connectivity index (χ2v) is 2.40. The lowest BCUT2D eigenvalue weighted by Crippen LogP contribution is -2.17. The summed E-state index contributed by atoms with van der Waals surface area (Å²) in [6, 6.07) is 2.53. The average molecular weight is 206 g/mol. The van der Waals surface area contributed by atoms with Crippen LogP contribution in [0.1, 0.15) is 5.56 Å². The van der Waals surface area contributed by atoms with E-state index >= 15 is 0 Å². The monoisotopic (exact) mass is 206 g/mol. The van der Waals surface area contributed by atoms with E-state index in [1.165, 1.54) is 12.3 Å². The first kappa shape index (κ1) is 10.8. The van der Waals surface area contributed by atoms with E-state index in [2.05, 4.69) is 21.6 Å². The fourth-order valence-electron chi connectivity index (χ4n) is 0.793. The SMILES string of the molecule is [CH2]OCc1ccc(OC(F)(F)F)nc1. The molecule has 77 valence electrons. The Morgan fingerprint density at radius 2 is 2.07 bits per heavy atom. The zero-order valence-corrected chi connectivity index (χ0v) is 7.04. The maximum Gasteiger partial charge on any atom is 0.574 e. The highest BCUT2D eigenvalue weighted by Crippen LogP contribution is 2.20.